The Balaban J connectivity index is 1.94. The minimum atomic E-state index is -3.64. The van der Waals surface area contributed by atoms with Crippen LogP contribution in [-0.2, 0) is 10.0 Å². The fraction of sp³-hybridized carbons (Fsp3) is 0.111. The van der Waals surface area contributed by atoms with Gasteiger partial charge in [0.15, 0.2) is 0 Å². The van der Waals surface area contributed by atoms with Crippen LogP contribution in [0.3, 0.4) is 0 Å². The van der Waals surface area contributed by atoms with Crippen molar-refractivity contribution in [3.63, 3.8) is 0 Å². The molecule has 0 saturated carbocycles. The van der Waals surface area contributed by atoms with Crippen molar-refractivity contribution in [2.75, 3.05) is 19.4 Å². The van der Waals surface area contributed by atoms with E-state index in [1.807, 2.05) is 0 Å². The maximum absolute atomic E-state index is 12.4. The zero-order valence-corrected chi connectivity index (χ0v) is 14.9. The summed E-state index contributed by atoms with van der Waals surface area (Å²) in [5, 5.41) is 3.15. The molecule has 0 fully saturated rings. The third kappa shape index (κ3) is 3.37. The summed E-state index contributed by atoms with van der Waals surface area (Å²) in [4.78, 5) is 24.5. The van der Waals surface area contributed by atoms with Crippen molar-refractivity contribution in [3.05, 3.63) is 70.6 Å². The van der Waals surface area contributed by atoms with E-state index in [-0.39, 0.29) is 16.1 Å². The molecule has 0 aliphatic heterocycles. The number of nitrogens with one attached hydrogen (secondary N) is 1. The number of carbonyl (C=O) groups excluding carboxylic acids is 1. The van der Waals surface area contributed by atoms with E-state index in [0.29, 0.717) is 11.0 Å². The summed E-state index contributed by atoms with van der Waals surface area (Å²) >= 11 is 0. The predicted octanol–water partition coefficient (Wildman–Crippen LogP) is 2.30. The third-order valence-corrected chi connectivity index (χ3v) is 5.57. The Labute approximate surface area is 149 Å². The summed E-state index contributed by atoms with van der Waals surface area (Å²) in [6.07, 6.45) is 0. The van der Waals surface area contributed by atoms with E-state index in [1.54, 1.807) is 24.3 Å². The predicted molar refractivity (Wildman–Crippen MR) is 97.8 cm³/mol. The first-order valence-corrected chi connectivity index (χ1v) is 9.10. The molecule has 0 radical (unpaired) electrons. The molecule has 1 heterocycles. The Hall–Kier alpha value is -2.97. The Morgan fingerprint density at radius 3 is 2.50 bits per heavy atom. The summed E-state index contributed by atoms with van der Waals surface area (Å²) < 4.78 is 30.6. The number of benzene rings is 2. The van der Waals surface area contributed by atoms with Gasteiger partial charge in [-0.05, 0) is 30.3 Å². The van der Waals surface area contributed by atoms with Crippen LogP contribution in [0, 0.1) is 0 Å². The highest BCUT2D eigenvalue weighted by molar-refractivity contribution is 7.89. The molecule has 0 bridgehead atoms. The molecule has 0 saturated heterocycles. The molecular formula is C18H16N2O5S. The molecule has 134 valence electrons. The number of anilines is 1. The van der Waals surface area contributed by atoms with Gasteiger partial charge in [0.1, 0.15) is 11.1 Å². The number of carbonyl (C=O) groups is 1. The van der Waals surface area contributed by atoms with Gasteiger partial charge in [-0.3, -0.25) is 4.79 Å². The van der Waals surface area contributed by atoms with Crippen LogP contribution in [0.5, 0.6) is 0 Å². The van der Waals surface area contributed by atoms with Crippen molar-refractivity contribution in [1.29, 1.82) is 0 Å². The van der Waals surface area contributed by atoms with Gasteiger partial charge in [-0.25, -0.2) is 17.5 Å². The highest BCUT2D eigenvalue weighted by atomic mass is 32.2. The van der Waals surface area contributed by atoms with Gasteiger partial charge in [-0.1, -0.05) is 24.3 Å². The summed E-state index contributed by atoms with van der Waals surface area (Å²) in [7, 11) is -0.800. The zero-order chi connectivity index (χ0) is 18.9. The quantitative estimate of drug-likeness (QED) is 0.709. The minimum absolute atomic E-state index is 0.0332. The average molecular weight is 372 g/mol. The van der Waals surface area contributed by atoms with E-state index < -0.39 is 21.6 Å². The lowest BCUT2D eigenvalue weighted by molar-refractivity contribution is 0.102. The van der Waals surface area contributed by atoms with Gasteiger partial charge in [-0.15, -0.1) is 0 Å². The summed E-state index contributed by atoms with van der Waals surface area (Å²) in [5.41, 5.74) is -0.290. The van der Waals surface area contributed by atoms with Crippen LogP contribution in [-0.4, -0.2) is 32.7 Å². The Morgan fingerprint density at radius 1 is 1.04 bits per heavy atom. The largest absolute Gasteiger partial charge is 0.422 e. The fourth-order valence-corrected chi connectivity index (χ4v) is 3.31. The molecule has 0 aliphatic carbocycles. The van der Waals surface area contributed by atoms with Crippen molar-refractivity contribution in [2.45, 2.75) is 4.90 Å². The Kier molecular flexibility index (Phi) is 4.62. The van der Waals surface area contributed by atoms with Crippen molar-refractivity contribution >= 4 is 32.6 Å². The molecule has 8 heteroatoms. The van der Waals surface area contributed by atoms with Crippen LogP contribution in [0.2, 0.25) is 0 Å². The fourth-order valence-electron chi connectivity index (χ4n) is 2.36. The van der Waals surface area contributed by atoms with Crippen LogP contribution in [0.25, 0.3) is 11.0 Å². The van der Waals surface area contributed by atoms with Crippen LogP contribution in [0.15, 0.2) is 68.7 Å². The zero-order valence-electron chi connectivity index (χ0n) is 14.1. The summed E-state index contributed by atoms with van der Waals surface area (Å²) in [6, 6.07) is 14.1. The molecule has 1 N–H and O–H groups in total. The van der Waals surface area contributed by atoms with Gasteiger partial charge in [0.05, 0.1) is 4.90 Å². The lowest BCUT2D eigenvalue weighted by Gasteiger charge is -2.12. The second-order valence-corrected chi connectivity index (χ2v) is 7.91. The molecule has 0 aliphatic rings. The molecule has 0 atom stereocenters. The van der Waals surface area contributed by atoms with Crippen LogP contribution >= 0.6 is 0 Å². The normalized spacial score (nSPS) is 11.7. The smallest absolute Gasteiger partial charge is 0.349 e. The highest BCUT2D eigenvalue weighted by Gasteiger charge is 2.19. The standard InChI is InChI=1S/C18H16N2O5S/c1-20(2)26(23,24)14-8-5-7-13(11-14)19-17(21)15-10-12-6-3-4-9-16(12)25-18(15)22/h3-11H,1-2H3,(H,19,21). The molecule has 26 heavy (non-hydrogen) atoms. The van der Waals surface area contributed by atoms with Crippen molar-refractivity contribution in [3.8, 4) is 0 Å². The monoisotopic (exact) mass is 372 g/mol. The van der Waals surface area contributed by atoms with Gasteiger partial charge in [-0.2, -0.15) is 0 Å². The SMILES string of the molecule is CN(C)S(=O)(=O)c1cccc(NC(=O)c2cc3ccccc3oc2=O)c1. The van der Waals surface area contributed by atoms with Gasteiger partial charge < -0.3 is 9.73 Å². The van der Waals surface area contributed by atoms with E-state index in [4.69, 9.17) is 4.42 Å². The van der Waals surface area contributed by atoms with E-state index >= 15 is 0 Å². The summed E-state index contributed by atoms with van der Waals surface area (Å²) in [5.74, 6) is -0.677. The van der Waals surface area contributed by atoms with E-state index in [2.05, 4.69) is 5.32 Å². The van der Waals surface area contributed by atoms with Gasteiger partial charge >= 0.3 is 5.63 Å². The van der Waals surface area contributed by atoms with Gasteiger partial charge in [0, 0.05) is 25.2 Å². The number of fused-ring (bicyclic) bond motifs is 1. The summed E-state index contributed by atoms with van der Waals surface area (Å²) in [6.45, 7) is 0. The number of amides is 1. The number of nitrogens with zero attached hydrogens (tertiary/aromatic N) is 1. The van der Waals surface area contributed by atoms with Crippen LogP contribution in [0.4, 0.5) is 5.69 Å². The van der Waals surface area contributed by atoms with Gasteiger partial charge in [0.2, 0.25) is 10.0 Å². The molecule has 3 aromatic rings. The van der Waals surface area contributed by atoms with E-state index in [0.717, 1.165) is 4.31 Å². The molecule has 7 nitrogen and oxygen atoms in total. The van der Waals surface area contributed by atoms with Gasteiger partial charge in [0.25, 0.3) is 5.91 Å². The second kappa shape index (κ2) is 6.74. The molecule has 2 aromatic carbocycles. The Bertz CT molecular complexity index is 1150. The first kappa shape index (κ1) is 17.8. The molecule has 3 rings (SSSR count). The number of hydrogen-bond donors (Lipinski definition) is 1. The lowest BCUT2D eigenvalue weighted by atomic mass is 10.1. The molecule has 1 amide bonds. The second-order valence-electron chi connectivity index (χ2n) is 5.75. The maximum Gasteiger partial charge on any atom is 0.349 e. The third-order valence-electron chi connectivity index (χ3n) is 3.76. The first-order chi connectivity index (χ1) is 12.3. The molecule has 0 spiro atoms. The first-order valence-electron chi connectivity index (χ1n) is 7.66. The molecular weight excluding hydrogens is 356 g/mol. The Morgan fingerprint density at radius 2 is 1.77 bits per heavy atom. The highest BCUT2D eigenvalue weighted by Crippen LogP contribution is 2.19. The average Bonchev–Trinajstić information content (AvgIpc) is 2.61. The maximum atomic E-state index is 12.4. The number of rotatable bonds is 4. The number of hydrogen-bond acceptors (Lipinski definition) is 5. The van der Waals surface area contributed by atoms with E-state index in [9.17, 15) is 18.0 Å². The van der Waals surface area contributed by atoms with E-state index in [1.165, 1.54) is 44.4 Å². The topological polar surface area (TPSA) is 96.7 Å². The number of sulfonamides is 1. The van der Waals surface area contributed by atoms with Crippen LogP contribution < -0.4 is 10.9 Å². The number of para-hydroxylation sites is 1. The molecule has 0 unspecified atom stereocenters. The van der Waals surface area contributed by atoms with Crippen molar-refractivity contribution < 1.29 is 17.6 Å². The van der Waals surface area contributed by atoms with Crippen LogP contribution in [0.1, 0.15) is 10.4 Å². The lowest BCUT2D eigenvalue weighted by Crippen LogP contribution is -2.23. The minimum Gasteiger partial charge on any atom is -0.422 e. The molecule has 1 aromatic heterocycles. The van der Waals surface area contributed by atoms with Crippen molar-refractivity contribution in [1.82, 2.24) is 4.31 Å². The van der Waals surface area contributed by atoms with Crippen molar-refractivity contribution in [2.24, 2.45) is 0 Å².